The summed E-state index contributed by atoms with van der Waals surface area (Å²) >= 11 is 0. The minimum atomic E-state index is 0.960. The van der Waals surface area contributed by atoms with Crippen LogP contribution in [0.5, 0.6) is 0 Å². The number of H-pyrrole nitrogens is 1. The van der Waals surface area contributed by atoms with Gasteiger partial charge in [-0.2, -0.15) is 0 Å². The van der Waals surface area contributed by atoms with Crippen LogP contribution < -0.4 is 4.90 Å². The summed E-state index contributed by atoms with van der Waals surface area (Å²) in [6.07, 6.45) is 2.62. The first-order chi connectivity index (χ1) is 10.3. The van der Waals surface area contributed by atoms with Crippen LogP contribution in [0.2, 0.25) is 0 Å². The second kappa shape index (κ2) is 4.92. The summed E-state index contributed by atoms with van der Waals surface area (Å²) in [4.78, 5) is 10.6. The molecule has 0 amide bonds. The molecule has 1 aliphatic rings. The molecule has 1 aromatic heterocycles. The molecule has 0 atom stereocenters. The van der Waals surface area contributed by atoms with E-state index in [9.17, 15) is 0 Å². The Morgan fingerprint density at radius 1 is 1.05 bits per heavy atom. The quantitative estimate of drug-likeness (QED) is 0.763. The van der Waals surface area contributed by atoms with E-state index in [0.29, 0.717) is 0 Å². The highest BCUT2D eigenvalue weighted by molar-refractivity contribution is 5.80. The fourth-order valence-electron chi connectivity index (χ4n) is 3.17. The Bertz CT molecular complexity index is 749. The van der Waals surface area contributed by atoms with Crippen LogP contribution >= 0.6 is 0 Å². The Kier molecular flexibility index (Phi) is 2.92. The van der Waals surface area contributed by atoms with Crippen LogP contribution in [0.25, 0.3) is 22.4 Å². The maximum Gasteiger partial charge on any atom is 0.138 e. The van der Waals surface area contributed by atoms with Crippen LogP contribution in [-0.4, -0.2) is 23.1 Å². The standard InChI is InChI=1S/C18H19N3/c1-13-12-14(21-10-4-5-11-21)8-9-15(13)18-19-16-6-2-3-7-17(16)20-18/h2-3,6-9,12H,4-5,10-11H2,1H3,(H,19,20). The van der Waals surface area contributed by atoms with Gasteiger partial charge in [-0.15, -0.1) is 0 Å². The minimum absolute atomic E-state index is 0.960. The summed E-state index contributed by atoms with van der Waals surface area (Å²) in [6.45, 7) is 4.54. The Balaban J connectivity index is 1.74. The van der Waals surface area contributed by atoms with Gasteiger partial charge in [0, 0.05) is 24.3 Å². The predicted molar refractivity (Wildman–Crippen MR) is 87.7 cm³/mol. The van der Waals surface area contributed by atoms with Crippen molar-refractivity contribution >= 4 is 16.7 Å². The van der Waals surface area contributed by atoms with Gasteiger partial charge >= 0.3 is 0 Å². The van der Waals surface area contributed by atoms with E-state index in [2.05, 4.69) is 41.1 Å². The number of hydrogen-bond donors (Lipinski definition) is 1. The average Bonchev–Trinajstić information content (AvgIpc) is 3.16. The largest absolute Gasteiger partial charge is 0.372 e. The van der Waals surface area contributed by atoms with Crippen LogP contribution in [0, 0.1) is 6.92 Å². The lowest BCUT2D eigenvalue weighted by molar-refractivity contribution is 0.949. The molecule has 0 bridgehead atoms. The molecular weight excluding hydrogens is 258 g/mol. The number of rotatable bonds is 2. The zero-order valence-corrected chi connectivity index (χ0v) is 12.3. The van der Waals surface area contributed by atoms with Crippen LogP contribution in [0.1, 0.15) is 18.4 Å². The Hall–Kier alpha value is -2.29. The molecule has 1 aliphatic heterocycles. The van der Waals surface area contributed by atoms with Crippen molar-refractivity contribution < 1.29 is 0 Å². The number of benzene rings is 2. The summed E-state index contributed by atoms with van der Waals surface area (Å²) in [5.41, 5.74) is 5.92. The lowest BCUT2D eigenvalue weighted by Crippen LogP contribution is -2.17. The molecule has 3 nitrogen and oxygen atoms in total. The van der Waals surface area contributed by atoms with Crippen molar-refractivity contribution in [1.82, 2.24) is 9.97 Å². The number of aromatic amines is 1. The third-order valence-electron chi connectivity index (χ3n) is 4.33. The van der Waals surface area contributed by atoms with Crippen molar-refractivity contribution in [2.24, 2.45) is 0 Å². The number of hydrogen-bond acceptors (Lipinski definition) is 2. The van der Waals surface area contributed by atoms with E-state index in [1.165, 1.54) is 42.7 Å². The molecule has 2 heterocycles. The molecule has 0 aliphatic carbocycles. The molecule has 0 unspecified atom stereocenters. The molecule has 106 valence electrons. The van der Waals surface area contributed by atoms with E-state index in [1.54, 1.807) is 0 Å². The van der Waals surface area contributed by atoms with Gasteiger partial charge in [0.15, 0.2) is 0 Å². The number of fused-ring (bicyclic) bond motifs is 1. The van der Waals surface area contributed by atoms with Crippen molar-refractivity contribution in [2.75, 3.05) is 18.0 Å². The van der Waals surface area contributed by atoms with Gasteiger partial charge in [0.1, 0.15) is 5.82 Å². The van der Waals surface area contributed by atoms with Gasteiger partial charge in [0.25, 0.3) is 0 Å². The first-order valence-electron chi connectivity index (χ1n) is 7.62. The topological polar surface area (TPSA) is 31.9 Å². The molecule has 0 spiro atoms. The van der Waals surface area contributed by atoms with E-state index in [4.69, 9.17) is 4.98 Å². The maximum absolute atomic E-state index is 4.70. The monoisotopic (exact) mass is 277 g/mol. The van der Waals surface area contributed by atoms with Crippen molar-refractivity contribution in [1.29, 1.82) is 0 Å². The molecule has 2 aromatic carbocycles. The Morgan fingerprint density at radius 3 is 2.62 bits per heavy atom. The number of para-hydroxylation sites is 2. The molecule has 0 radical (unpaired) electrons. The summed E-state index contributed by atoms with van der Waals surface area (Å²) in [5.74, 6) is 0.960. The van der Waals surface area contributed by atoms with Gasteiger partial charge in [-0.1, -0.05) is 12.1 Å². The molecule has 1 fully saturated rings. The van der Waals surface area contributed by atoms with Gasteiger partial charge in [0.05, 0.1) is 11.0 Å². The highest BCUT2D eigenvalue weighted by Gasteiger charge is 2.14. The first kappa shape index (κ1) is 12.5. The number of anilines is 1. The Morgan fingerprint density at radius 2 is 1.86 bits per heavy atom. The zero-order valence-electron chi connectivity index (χ0n) is 12.3. The maximum atomic E-state index is 4.70. The second-order valence-corrected chi connectivity index (χ2v) is 5.80. The van der Waals surface area contributed by atoms with Crippen LogP contribution in [0.4, 0.5) is 5.69 Å². The summed E-state index contributed by atoms with van der Waals surface area (Å²) in [6, 6.07) is 14.9. The molecule has 4 rings (SSSR count). The van der Waals surface area contributed by atoms with Crippen LogP contribution in [0.15, 0.2) is 42.5 Å². The summed E-state index contributed by atoms with van der Waals surface area (Å²) in [5, 5.41) is 0. The first-order valence-corrected chi connectivity index (χ1v) is 7.62. The fraction of sp³-hybridized carbons (Fsp3) is 0.278. The highest BCUT2D eigenvalue weighted by Crippen LogP contribution is 2.28. The van der Waals surface area contributed by atoms with Crippen molar-refractivity contribution in [3.05, 3.63) is 48.0 Å². The average molecular weight is 277 g/mol. The van der Waals surface area contributed by atoms with Gasteiger partial charge in [-0.3, -0.25) is 0 Å². The van der Waals surface area contributed by atoms with E-state index < -0.39 is 0 Å². The molecular formula is C18H19N3. The van der Waals surface area contributed by atoms with Crippen molar-refractivity contribution in [3.8, 4) is 11.4 Å². The predicted octanol–water partition coefficient (Wildman–Crippen LogP) is 4.14. The fourth-order valence-corrected chi connectivity index (χ4v) is 3.17. The molecule has 3 heteroatoms. The third kappa shape index (κ3) is 2.19. The lowest BCUT2D eigenvalue weighted by Gasteiger charge is -2.18. The van der Waals surface area contributed by atoms with Gasteiger partial charge in [-0.05, 0) is 55.7 Å². The Labute approximate surface area is 124 Å². The van der Waals surface area contributed by atoms with Gasteiger partial charge in [0.2, 0.25) is 0 Å². The highest BCUT2D eigenvalue weighted by atomic mass is 15.1. The number of aromatic nitrogens is 2. The lowest BCUT2D eigenvalue weighted by atomic mass is 10.1. The van der Waals surface area contributed by atoms with E-state index in [0.717, 1.165) is 16.9 Å². The zero-order chi connectivity index (χ0) is 14.2. The molecule has 21 heavy (non-hydrogen) atoms. The second-order valence-electron chi connectivity index (χ2n) is 5.80. The smallest absolute Gasteiger partial charge is 0.138 e. The van der Waals surface area contributed by atoms with Crippen molar-refractivity contribution in [2.45, 2.75) is 19.8 Å². The van der Waals surface area contributed by atoms with E-state index in [-0.39, 0.29) is 0 Å². The van der Waals surface area contributed by atoms with Crippen molar-refractivity contribution in [3.63, 3.8) is 0 Å². The minimum Gasteiger partial charge on any atom is -0.372 e. The normalized spacial score (nSPS) is 15.0. The summed E-state index contributed by atoms with van der Waals surface area (Å²) < 4.78 is 0. The molecule has 1 N–H and O–H groups in total. The van der Waals surface area contributed by atoms with Crippen LogP contribution in [0.3, 0.4) is 0 Å². The number of imidazole rings is 1. The van der Waals surface area contributed by atoms with Gasteiger partial charge < -0.3 is 9.88 Å². The van der Waals surface area contributed by atoms with E-state index in [1.807, 2.05) is 18.2 Å². The SMILES string of the molecule is Cc1cc(N2CCCC2)ccc1-c1nc2ccccc2[nH]1. The molecule has 0 saturated carbocycles. The molecule has 3 aromatic rings. The van der Waals surface area contributed by atoms with E-state index >= 15 is 0 Å². The summed E-state index contributed by atoms with van der Waals surface area (Å²) in [7, 11) is 0. The number of nitrogens with zero attached hydrogens (tertiary/aromatic N) is 2. The third-order valence-corrected chi connectivity index (χ3v) is 4.33. The molecule has 1 saturated heterocycles. The van der Waals surface area contributed by atoms with Gasteiger partial charge in [-0.25, -0.2) is 4.98 Å². The number of aryl methyl sites for hydroxylation is 1. The number of nitrogens with one attached hydrogen (secondary N) is 1. The van der Waals surface area contributed by atoms with Crippen LogP contribution in [-0.2, 0) is 0 Å².